The molecule has 0 atom stereocenters. The average Bonchev–Trinajstić information content (AvgIpc) is 2.80. The molecule has 1 aliphatic heterocycles. The highest BCUT2D eigenvalue weighted by atomic mass is 32.1. The van der Waals surface area contributed by atoms with E-state index in [2.05, 4.69) is 4.98 Å². The van der Waals surface area contributed by atoms with Crippen molar-refractivity contribution in [2.24, 2.45) is 0 Å². The highest BCUT2D eigenvalue weighted by Gasteiger charge is 2.28. The first kappa shape index (κ1) is 15.9. The molecule has 0 unspecified atom stereocenters. The number of hydrazine groups is 1. The molecule has 0 radical (unpaired) electrons. The maximum absolute atomic E-state index is 12.3. The average molecular weight is 335 g/mol. The van der Waals surface area contributed by atoms with E-state index in [4.69, 9.17) is 9.47 Å². The summed E-state index contributed by atoms with van der Waals surface area (Å²) in [5.74, 6) is 0.740. The van der Waals surface area contributed by atoms with Crippen molar-refractivity contribution in [1.29, 1.82) is 0 Å². The Bertz CT molecular complexity index is 751. The Morgan fingerprint density at radius 3 is 2.87 bits per heavy atom. The molecule has 0 spiro atoms. The van der Waals surface area contributed by atoms with Crippen LogP contribution in [0.5, 0.6) is 5.75 Å². The fourth-order valence-corrected chi connectivity index (χ4v) is 3.32. The summed E-state index contributed by atoms with van der Waals surface area (Å²) in [6, 6.07) is 3.96. The molecular weight excluding hydrogens is 314 g/mol. The van der Waals surface area contributed by atoms with Crippen molar-refractivity contribution in [2.45, 2.75) is 33.3 Å². The van der Waals surface area contributed by atoms with Gasteiger partial charge in [0.05, 0.1) is 21.8 Å². The second-order valence-corrected chi connectivity index (χ2v) is 7.73. The molecule has 124 valence electrons. The molecule has 23 heavy (non-hydrogen) atoms. The summed E-state index contributed by atoms with van der Waals surface area (Å²) in [6.45, 7) is 8.65. The van der Waals surface area contributed by atoms with E-state index in [1.54, 1.807) is 18.4 Å². The summed E-state index contributed by atoms with van der Waals surface area (Å²) in [7, 11) is 1.71. The van der Waals surface area contributed by atoms with Crippen LogP contribution in [-0.4, -0.2) is 41.9 Å². The number of benzene rings is 1. The third-order valence-electron chi connectivity index (χ3n) is 3.43. The van der Waals surface area contributed by atoms with E-state index in [0.29, 0.717) is 13.2 Å². The maximum atomic E-state index is 12.3. The lowest BCUT2D eigenvalue weighted by Crippen LogP contribution is -2.49. The number of nitrogens with zero attached hydrogens (tertiary/aromatic N) is 3. The zero-order valence-corrected chi connectivity index (χ0v) is 14.9. The number of carbonyl (C=O) groups is 1. The van der Waals surface area contributed by atoms with Gasteiger partial charge in [-0.05, 0) is 33.8 Å². The highest BCUT2D eigenvalue weighted by molar-refractivity contribution is 7.18. The normalized spacial score (nSPS) is 14.4. The molecule has 1 amide bonds. The second-order valence-electron chi connectivity index (χ2n) is 6.50. The van der Waals surface area contributed by atoms with E-state index < -0.39 is 5.60 Å². The van der Waals surface area contributed by atoms with Crippen LogP contribution in [0.2, 0.25) is 0 Å². The molecule has 0 aliphatic carbocycles. The Balaban J connectivity index is 1.94. The van der Waals surface area contributed by atoms with Gasteiger partial charge in [-0.3, -0.25) is 5.01 Å². The SMILES string of the molecule is Cc1nc2cc3c(cc2s1)N(N(C)C(=O)OC(C)(C)C)CCO3. The Labute approximate surface area is 139 Å². The van der Waals surface area contributed by atoms with E-state index in [-0.39, 0.29) is 6.09 Å². The van der Waals surface area contributed by atoms with Gasteiger partial charge in [-0.15, -0.1) is 11.3 Å². The lowest BCUT2D eigenvalue weighted by molar-refractivity contribution is 0.0265. The highest BCUT2D eigenvalue weighted by Crippen LogP contribution is 2.38. The molecule has 0 saturated carbocycles. The van der Waals surface area contributed by atoms with Crippen LogP contribution in [0.25, 0.3) is 10.2 Å². The summed E-state index contributed by atoms with van der Waals surface area (Å²) in [5.41, 5.74) is 1.26. The third-order valence-corrected chi connectivity index (χ3v) is 4.37. The predicted octanol–water partition coefficient (Wildman–Crippen LogP) is 3.59. The first-order valence-corrected chi connectivity index (χ1v) is 8.34. The van der Waals surface area contributed by atoms with Gasteiger partial charge >= 0.3 is 6.09 Å². The molecule has 1 aliphatic rings. The van der Waals surface area contributed by atoms with E-state index in [1.165, 1.54) is 5.01 Å². The number of rotatable bonds is 1. The Morgan fingerprint density at radius 1 is 1.43 bits per heavy atom. The smallest absolute Gasteiger partial charge is 0.429 e. The summed E-state index contributed by atoms with van der Waals surface area (Å²) in [5, 5.41) is 4.41. The number of ether oxygens (including phenoxy) is 2. The molecule has 3 rings (SSSR count). The fraction of sp³-hybridized carbons (Fsp3) is 0.500. The van der Waals surface area contributed by atoms with Crippen LogP contribution in [-0.2, 0) is 4.74 Å². The largest absolute Gasteiger partial charge is 0.489 e. The van der Waals surface area contributed by atoms with Gasteiger partial charge < -0.3 is 9.47 Å². The molecule has 1 aromatic carbocycles. The molecule has 0 saturated heterocycles. The number of anilines is 1. The van der Waals surface area contributed by atoms with Crippen molar-refractivity contribution in [1.82, 2.24) is 9.99 Å². The van der Waals surface area contributed by atoms with Crippen molar-refractivity contribution >= 4 is 33.3 Å². The molecule has 1 aromatic heterocycles. The van der Waals surface area contributed by atoms with Crippen molar-refractivity contribution in [2.75, 3.05) is 25.2 Å². The monoisotopic (exact) mass is 335 g/mol. The quantitative estimate of drug-likeness (QED) is 0.797. The minimum absolute atomic E-state index is 0.383. The first-order chi connectivity index (χ1) is 10.7. The van der Waals surface area contributed by atoms with Crippen LogP contribution >= 0.6 is 11.3 Å². The number of aromatic nitrogens is 1. The van der Waals surface area contributed by atoms with Gasteiger partial charge in [0.15, 0.2) is 0 Å². The van der Waals surface area contributed by atoms with Crippen LogP contribution in [0.4, 0.5) is 10.5 Å². The number of fused-ring (bicyclic) bond motifs is 2. The molecule has 0 bridgehead atoms. The van der Waals surface area contributed by atoms with Gasteiger partial charge in [0.25, 0.3) is 0 Å². The van der Waals surface area contributed by atoms with Crippen LogP contribution in [0.15, 0.2) is 12.1 Å². The molecule has 0 fully saturated rings. The summed E-state index contributed by atoms with van der Waals surface area (Å²) in [4.78, 5) is 16.8. The first-order valence-electron chi connectivity index (χ1n) is 7.53. The number of hydrogen-bond donors (Lipinski definition) is 0. The number of carbonyl (C=O) groups excluding carboxylic acids is 1. The third kappa shape index (κ3) is 3.19. The fourth-order valence-electron chi connectivity index (χ4n) is 2.48. The van der Waals surface area contributed by atoms with Crippen LogP contribution in [0, 0.1) is 6.92 Å². The summed E-state index contributed by atoms with van der Waals surface area (Å²) in [6.07, 6.45) is -0.383. The summed E-state index contributed by atoms with van der Waals surface area (Å²) >= 11 is 1.63. The van der Waals surface area contributed by atoms with Gasteiger partial charge in [0.2, 0.25) is 0 Å². The van der Waals surface area contributed by atoms with Crippen LogP contribution < -0.4 is 9.75 Å². The van der Waals surface area contributed by atoms with Crippen molar-refractivity contribution in [3.63, 3.8) is 0 Å². The summed E-state index contributed by atoms with van der Waals surface area (Å²) < 4.78 is 12.3. The van der Waals surface area contributed by atoms with E-state index >= 15 is 0 Å². The topological polar surface area (TPSA) is 54.9 Å². The maximum Gasteiger partial charge on any atom is 0.429 e. The van der Waals surface area contributed by atoms with Crippen molar-refractivity contribution in [3.05, 3.63) is 17.1 Å². The number of hydrogen-bond acceptors (Lipinski definition) is 6. The van der Waals surface area contributed by atoms with Crippen molar-refractivity contribution < 1.29 is 14.3 Å². The number of amides is 1. The number of aryl methyl sites for hydroxylation is 1. The second kappa shape index (κ2) is 5.56. The number of thiazole rings is 1. The van der Waals surface area contributed by atoms with Crippen molar-refractivity contribution in [3.8, 4) is 5.75 Å². The van der Waals surface area contributed by atoms with E-state index in [9.17, 15) is 4.79 Å². The van der Waals surface area contributed by atoms with Crippen LogP contribution in [0.3, 0.4) is 0 Å². The molecule has 0 N–H and O–H groups in total. The van der Waals surface area contributed by atoms with E-state index in [1.807, 2.05) is 44.8 Å². The van der Waals surface area contributed by atoms with Gasteiger partial charge in [0, 0.05) is 13.1 Å². The Hall–Kier alpha value is -2.02. The van der Waals surface area contributed by atoms with Gasteiger partial charge in [-0.1, -0.05) is 0 Å². The predicted molar refractivity (Wildman–Crippen MR) is 91.2 cm³/mol. The lowest BCUT2D eigenvalue weighted by atomic mass is 10.2. The minimum atomic E-state index is -0.529. The Kier molecular flexibility index (Phi) is 3.83. The molecule has 2 aromatic rings. The van der Waals surface area contributed by atoms with Gasteiger partial charge in [-0.2, -0.15) is 0 Å². The molecular formula is C16H21N3O3S. The molecule has 7 heteroatoms. The van der Waals surface area contributed by atoms with Crippen LogP contribution in [0.1, 0.15) is 25.8 Å². The van der Waals surface area contributed by atoms with E-state index in [0.717, 1.165) is 26.7 Å². The molecule has 6 nitrogen and oxygen atoms in total. The zero-order chi connectivity index (χ0) is 16.8. The lowest BCUT2D eigenvalue weighted by Gasteiger charge is -2.38. The standard InChI is InChI=1S/C16H21N3O3S/c1-10-17-11-8-13-12(9-14(11)23-10)19(6-7-21-13)18(5)15(20)22-16(2,3)4/h8-9H,6-7H2,1-5H3. The Morgan fingerprint density at radius 2 is 2.17 bits per heavy atom. The van der Waals surface area contributed by atoms with Gasteiger partial charge in [0.1, 0.15) is 23.6 Å². The zero-order valence-electron chi connectivity index (χ0n) is 14.0. The van der Waals surface area contributed by atoms with Gasteiger partial charge in [-0.25, -0.2) is 14.8 Å². The molecule has 2 heterocycles. The minimum Gasteiger partial charge on any atom is -0.489 e.